The van der Waals surface area contributed by atoms with Crippen LogP contribution in [0.2, 0.25) is 0 Å². The van der Waals surface area contributed by atoms with Crippen LogP contribution in [0.3, 0.4) is 0 Å². The SMILES string of the molecule is CC1CS(=O)CC(c2ccc(OC(F)(F)F)cc2)N1. The van der Waals surface area contributed by atoms with Gasteiger partial charge < -0.3 is 10.1 Å². The van der Waals surface area contributed by atoms with E-state index in [1.165, 1.54) is 12.1 Å². The molecule has 0 saturated carbocycles. The van der Waals surface area contributed by atoms with Crippen LogP contribution in [0.25, 0.3) is 0 Å². The number of ether oxygens (including phenoxy) is 1. The third kappa shape index (κ3) is 4.21. The van der Waals surface area contributed by atoms with E-state index in [0.717, 1.165) is 5.56 Å². The summed E-state index contributed by atoms with van der Waals surface area (Å²) in [6.07, 6.45) is -4.68. The monoisotopic (exact) mass is 293 g/mol. The standard InChI is InChI=1S/C12H14F3NO2S/c1-8-6-19(17)7-11(16-8)9-2-4-10(5-3-9)18-12(13,14)15/h2-5,8,11,16H,6-7H2,1H3. The Morgan fingerprint density at radius 1 is 1.26 bits per heavy atom. The second-order valence-electron chi connectivity index (χ2n) is 4.51. The fraction of sp³-hybridized carbons (Fsp3) is 0.500. The van der Waals surface area contributed by atoms with Gasteiger partial charge in [0.1, 0.15) is 5.75 Å². The highest BCUT2D eigenvalue weighted by Crippen LogP contribution is 2.25. The molecule has 106 valence electrons. The quantitative estimate of drug-likeness (QED) is 0.910. The average Bonchev–Trinajstić information content (AvgIpc) is 2.26. The Kier molecular flexibility index (Phi) is 4.15. The minimum Gasteiger partial charge on any atom is -0.406 e. The predicted octanol–water partition coefficient (Wildman–Crippen LogP) is 2.37. The van der Waals surface area contributed by atoms with Crippen LogP contribution in [0.1, 0.15) is 18.5 Å². The maximum Gasteiger partial charge on any atom is 0.573 e. The number of benzene rings is 1. The van der Waals surface area contributed by atoms with Gasteiger partial charge in [0, 0.05) is 34.4 Å². The van der Waals surface area contributed by atoms with Crippen molar-refractivity contribution in [3.8, 4) is 5.75 Å². The summed E-state index contributed by atoms with van der Waals surface area (Å²) in [5.74, 6) is 0.830. The number of hydrogen-bond acceptors (Lipinski definition) is 3. The molecule has 1 heterocycles. The molecule has 0 aliphatic carbocycles. The molecule has 1 saturated heterocycles. The number of nitrogens with one attached hydrogen (secondary N) is 1. The zero-order valence-corrected chi connectivity index (χ0v) is 11.1. The molecule has 0 radical (unpaired) electrons. The van der Waals surface area contributed by atoms with Crippen molar-refractivity contribution >= 4 is 10.8 Å². The van der Waals surface area contributed by atoms with Gasteiger partial charge >= 0.3 is 6.36 Å². The van der Waals surface area contributed by atoms with E-state index in [4.69, 9.17) is 0 Å². The molecule has 0 aromatic heterocycles. The Balaban J connectivity index is 2.07. The summed E-state index contributed by atoms with van der Waals surface area (Å²) < 4.78 is 51.5. The van der Waals surface area contributed by atoms with Gasteiger partial charge in [0.05, 0.1) is 0 Å². The highest BCUT2D eigenvalue weighted by atomic mass is 32.2. The van der Waals surface area contributed by atoms with Crippen molar-refractivity contribution < 1.29 is 22.1 Å². The molecule has 0 spiro atoms. The molecule has 3 atom stereocenters. The number of hydrogen-bond donors (Lipinski definition) is 1. The fourth-order valence-electron chi connectivity index (χ4n) is 2.07. The molecule has 2 rings (SSSR count). The number of alkyl halides is 3. The molecule has 7 heteroatoms. The van der Waals surface area contributed by atoms with Crippen LogP contribution in [0.4, 0.5) is 13.2 Å². The van der Waals surface area contributed by atoms with Crippen LogP contribution < -0.4 is 10.1 Å². The summed E-state index contributed by atoms with van der Waals surface area (Å²) in [7, 11) is -0.896. The Hall–Kier alpha value is -1.08. The van der Waals surface area contributed by atoms with E-state index in [1.807, 2.05) is 6.92 Å². The summed E-state index contributed by atoms with van der Waals surface area (Å²) in [6, 6.07) is 5.71. The first-order chi connectivity index (χ1) is 8.83. The Bertz CT molecular complexity index is 461. The van der Waals surface area contributed by atoms with Gasteiger partial charge in [0.25, 0.3) is 0 Å². The number of halogens is 3. The lowest BCUT2D eigenvalue weighted by Gasteiger charge is -2.28. The molecule has 1 aromatic carbocycles. The zero-order valence-electron chi connectivity index (χ0n) is 10.2. The summed E-state index contributed by atoms with van der Waals surface area (Å²) in [5.41, 5.74) is 0.814. The smallest absolute Gasteiger partial charge is 0.406 e. The average molecular weight is 293 g/mol. The van der Waals surface area contributed by atoms with E-state index in [-0.39, 0.29) is 17.8 Å². The van der Waals surface area contributed by atoms with Crippen LogP contribution >= 0.6 is 0 Å². The first-order valence-corrected chi connectivity index (χ1v) is 7.29. The van der Waals surface area contributed by atoms with E-state index in [1.54, 1.807) is 12.1 Å². The van der Waals surface area contributed by atoms with Gasteiger partial charge in [-0.3, -0.25) is 4.21 Å². The van der Waals surface area contributed by atoms with Gasteiger partial charge in [-0.2, -0.15) is 0 Å². The van der Waals surface area contributed by atoms with E-state index in [0.29, 0.717) is 11.5 Å². The molecular formula is C12H14F3NO2S. The minimum absolute atomic E-state index is 0.0930. The fourth-order valence-corrected chi connectivity index (χ4v) is 3.52. The maximum absolute atomic E-state index is 12.0. The Morgan fingerprint density at radius 3 is 2.42 bits per heavy atom. The minimum atomic E-state index is -4.68. The molecule has 3 nitrogen and oxygen atoms in total. The second kappa shape index (κ2) is 5.50. The van der Waals surface area contributed by atoms with Crippen LogP contribution in [-0.2, 0) is 10.8 Å². The Labute approximate surface area is 111 Å². The molecule has 1 aliphatic heterocycles. The van der Waals surface area contributed by atoms with Crippen LogP contribution in [0.15, 0.2) is 24.3 Å². The second-order valence-corrected chi connectivity index (χ2v) is 6.06. The first-order valence-electron chi connectivity index (χ1n) is 5.80. The van der Waals surface area contributed by atoms with Gasteiger partial charge in [-0.1, -0.05) is 12.1 Å². The van der Waals surface area contributed by atoms with Crippen molar-refractivity contribution in [2.75, 3.05) is 11.5 Å². The van der Waals surface area contributed by atoms with Crippen LogP contribution in [0, 0.1) is 0 Å². The van der Waals surface area contributed by atoms with E-state index in [2.05, 4.69) is 10.1 Å². The van der Waals surface area contributed by atoms with Crippen molar-refractivity contribution in [2.24, 2.45) is 0 Å². The summed E-state index contributed by atoms with van der Waals surface area (Å²) in [5, 5.41) is 3.27. The van der Waals surface area contributed by atoms with Crippen molar-refractivity contribution in [2.45, 2.75) is 25.4 Å². The number of rotatable bonds is 2. The van der Waals surface area contributed by atoms with Crippen LogP contribution in [0.5, 0.6) is 5.75 Å². The molecule has 3 unspecified atom stereocenters. The third-order valence-corrected chi connectivity index (χ3v) is 4.37. The highest BCUT2D eigenvalue weighted by molar-refractivity contribution is 7.85. The van der Waals surface area contributed by atoms with Gasteiger partial charge in [0.15, 0.2) is 0 Å². The largest absolute Gasteiger partial charge is 0.573 e. The van der Waals surface area contributed by atoms with Crippen molar-refractivity contribution in [3.05, 3.63) is 29.8 Å². The molecule has 1 N–H and O–H groups in total. The summed E-state index contributed by atoms with van der Waals surface area (Å²) in [4.78, 5) is 0. The van der Waals surface area contributed by atoms with E-state index >= 15 is 0 Å². The molecule has 1 aromatic rings. The van der Waals surface area contributed by atoms with Gasteiger partial charge in [-0.05, 0) is 24.6 Å². The lowest BCUT2D eigenvalue weighted by Crippen LogP contribution is -2.43. The van der Waals surface area contributed by atoms with Gasteiger partial charge in [-0.15, -0.1) is 13.2 Å². The lowest BCUT2D eigenvalue weighted by molar-refractivity contribution is -0.274. The van der Waals surface area contributed by atoms with Gasteiger partial charge in [-0.25, -0.2) is 0 Å². The molecular weight excluding hydrogens is 279 g/mol. The normalized spacial score (nSPS) is 28.1. The predicted molar refractivity (Wildman–Crippen MR) is 66.3 cm³/mol. The van der Waals surface area contributed by atoms with Crippen molar-refractivity contribution in [3.63, 3.8) is 0 Å². The topological polar surface area (TPSA) is 38.3 Å². The molecule has 1 fully saturated rings. The molecule has 0 bridgehead atoms. The first kappa shape index (κ1) is 14.3. The molecule has 1 aliphatic rings. The Morgan fingerprint density at radius 2 is 1.89 bits per heavy atom. The van der Waals surface area contributed by atoms with Gasteiger partial charge in [0.2, 0.25) is 0 Å². The molecule has 0 amide bonds. The van der Waals surface area contributed by atoms with Crippen molar-refractivity contribution in [1.29, 1.82) is 0 Å². The highest BCUT2D eigenvalue weighted by Gasteiger charge is 2.31. The third-order valence-electron chi connectivity index (χ3n) is 2.79. The van der Waals surface area contributed by atoms with E-state index < -0.39 is 17.2 Å². The summed E-state index contributed by atoms with van der Waals surface area (Å²) >= 11 is 0. The van der Waals surface area contributed by atoms with E-state index in [9.17, 15) is 17.4 Å². The van der Waals surface area contributed by atoms with Crippen molar-refractivity contribution in [1.82, 2.24) is 5.32 Å². The van der Waals surface area contributed by atoms with Crippen LogP contribution in [-0.4, -0.2) is 28.1 Å². The summed E-state index contributed by atoms with van der Waals surface area (Å²) in [6.45, 7) is 1.94. The zero-order chi connectivity index (χ0) is 14.0. The lowest BCUT2D eigenvalue weighted by atomic mass is 10.1. The maximum atomic E-state index is 12.0. The molecule has 19 heavy (non-hydrogen) atoms.